The fourth-order valence-corrected chi connectivity index (χ4v) is 3.26. The van der Waals surface area contributed by atoms with Crippen molar-refractivity contribution in [2.75, 3.05) is 0 Å². The smallest absolute Gasteiger partial charge is 0.338 e. The second kappa shape index (κ2) is 10.9. The van der Waals surface area contributed by atoms with Gasteiger partial charge in [0.05, 0.1) is 0 Å². The maximum Gasteiger partial charge on any atom is 0.338 e. The average molecular weight is 371 g/mol. The van der Waals surface area contributed by atoms with Crippen LogP contribution in [0.3, 0.4) is 0 Å². The van der Waals surface area contributed by atoms with E-state index in [1.54, 1.807) is 6.92 Å². The molecule has 0 saturated carbocycles. The number of ether oxygens (including phenoxy) is 1. The molecule has 0 spiro atoms. The van der Waals surface area contributed by atoms with Gasteiger partial charge in [-0.25, -0.2) is 4.79 Å². The summed E-state index contributed by atoms with van der Waals surface area (Å²) in [5, 5.41) is 0. The minimum absolute atomic E-state index is 0.240. The third-order valence-corrected chi connectivity index (χ3v) is 4.79. The van der Waals surface area contributed by atoms with E-state index in [1.807, 2.05) is 25.2 Å². The van der Waals surface area contributed by atoms with Crippen LogP contribution in [0.25, 0.3) is 0 Å². The first-order chi connectivity index (χ1) is 12.7. The Bertz CT molecular complexity index is 697. The van der Waals surface area contributed by atoms with Gasteiger partial charge in [-0.1, -0.05) is 62.3 Å². The molecule has 0 fully saturated rings. The largest absolute Gasteiger partial charge is 0.390 e. The average Bonchev–Trinajstić information content (AvgIpc) is 2.53. The van der Waals surface area contributed by atoms with Gasteiger partial charge in [-0.15, -0.1) is 0 Å². The normalized spacial score (nSPS) is 18.4. The molecular formula is C24H34O3. The summed E-state index contributed by atoms with van der Waals surface area (Å²) >= 11 is 0. The molecule has 3 nitrogen and oxygen atoms in total. The van der Waals surface area contributed by atoms with Crippen LogP contribution in [0.4, 0.5) is 0 Å². The van der Waals surface area contributed by atoms with Crippen molar-refractivity contribution in [3.8, 4) is 0 Å². The lowest BCUT2D eigenvalue weighted by atomic mass is 9.72. The third-order valence-electron chi connectivity index (χ3n) is 4.79. The topological polar surface area (TPSA) is 43.4 Å². The number of hydrogen-bond donors (Lipinski definition) is 0. The number of carbonyl (C=O) groups is 2. The Morgan fingerprint density at radius 1 is 1.15 bits per heavy atom. The molecule has 1 aliphatic carbocycles. The van der Waals surface area contributed by atoms with Crippen molar-refractivity contribution in [2.24, 2.45) is 5.41 Å². The van der Waals surface area contributed by atoms with Crippen molar-refractivity contribution in [3.63, 3.8) is 0 Å². The zero-order chi connectivity index (χ0) is 20.4. The Labute approximate surface area is 164 Å². The molecule has 0 heterocycles. The molecule has 0 radical (unpaired) electrons. The summed E-state index contributed by atoms with van der Waals surface area (Å²) < 4.78 is 4.70. The molecule has 1 aliphatic rings. The number of rotatable bonds is 7. The molecule has 148 valence electrons. The lowest BCUT2D eigenvalue weighted by molar-refractivity contribution is -0.156. The van der Waals surface area contributed by atoms with Crippen molar-refractivity contribution in [2.45, 2.75) is 73.6 Å². The van der Waals surface area contributed by atoms with E-state index in [0.717, 1.165) is 11.1 Å². The van der Waals surface area contributed by atoms with Crippen LogP contribution in [-0.2, 0) is 14.3 Å². The van der Waals surface area contributed by atoms with Gasteiger partial charge in [0.25, 0.3) is 0 Å². The number of allylic oxidation sites excluding steroid dienone is 9. The number of esters is 2. The molecule has 1 rings (SSSR count). The van der Waals surface area contributed by atoms with Crippen molar-refractivity contribution in [3.05, 3.63) is 58.7 Å². The molecule has 0 aliphatic heterocycles. The molecule has 3 heteroatoms. The van der Waals surface area contributed by atoms with E-state index in [1.165, 1.54) is 36.5 Å². The second-order valence-electron chi connectivity index (χ2n) is 7.97. The predicted octanol–water partition coefficient (Wildman–Crippen LogP) is 6.39. The summed E-state index contributed by atoms with van der Waals surface area (Å²) in [6, 6.07) is 0. The summed E-state index contributed by atoms with van der Waals surface area (Å²) in [5.74, 6) is -1.09. The first-order valence-electron chi connectivity index (χ1n) is 9.82. The minimum atomic E-state index is -0.613. The van der Waals surface area contributed by atoms with Gasteiger partial charge in [0.2, 0.25) is 0 Å². The van der Waals surface area contributed by atoms with Crippen molar-refractivity contribution < 1.29 is 14.3 Å². The van der Waals surface area contributed by atoms with E-state index in [-0.39, 0.29) is 11.8 Å². The maximum atomic E-state index is 11.6. The van der Waals surface area contributed by atoms with Gasteiger partial charge in [0.15, 0.2) is 0 Å². The quantitative estimate of drug-likeness (QED) is 0.226. The van der Waals surface area contributed by atoms with Crippen LogP contribution >= 0.6 is 0 Å². The van der Waals surface area contributed by atoms with Gasteiger partial charge in [0.1, 0.15) is 0 Å². The van der Waals surface area contributed by atoms with E-state index in [0.29, 0.717) is 6.42 Å². The standard InChI is InChI=1S/C24H34O3/c1-7-10-22(25)27-23(26)17-19(3)12-8-11-18(2)14-15-21-20(4)13-9-16-24(21,5)6/h8,11-12,14-15,17H,7,9-10,13,16H2,1-6H3. The zero-order valence-electron chi connectivity index (χ0n) is 17.7. The highest BCUT2D eigenvalue weighted by atomic mass is 16.6. The van der Waals surface area contributed by atoms with Gasteiger partial charge in [-0.2, -0.15) is 0 Å². The first-order valence-corrected chi connectivity index (χ1v) is 9.82. The molecule has 0 N–H and O–H groups in total. The van der Waals surface area contributed by atoms with Gasteiger partial charge in [0, 0.05) is 12.5 Å². The van der Waals surface area contributed by atoms with Gasteiger partial charge >= 0.3 is 11.9 Å². The highest BCUT2D eigenvalue weighted by Gasteiger charge is 2.26. The third kappa shape index (κ3) is 8.38. The molecular weight excluding hydrogens is 336 g/mol. The zero-order valence-corrected chi connectivity index (χ0v) is 17.7. The fourth-order valence-electron chi connectivity index (χ4n) is 3.26. The molecule has 0 saturated heterocycles. The molecule has 0 bridgehead atoms. The van der Waals surface area contributed by atoms with E-state index in [9.17, 15) is 9.59 Å². The summed E-state index contributed by atoms with van der Waals surface area (Å²) in [4.78, 5) is 22.9. The monoisotopic (exact) mass is 370 g/mol. The molecule has 27 heavy (non-hydrogen) atoms. The van der Waals surface area contributed by atoms with Crippen LogP contribution in [0.2, 0.25) is 0 Å². The Kier molecular flexibility index (Phi) is 9.20. The van der Waals surface area contributed by atoms with E-state index in [4.69, 9.17) is 4.74 Å². The molecule has 0 amide bonds. The Balaban J connectivity index is 2.68. The SMILES string of the molecule is CCCC(=O)OC(=O)C=C(C)C=CC=C(C)C=CC1=C(C)CCCC1(C)C. The Hall–Kier alpha value is -2.16. The van der Waals surface area contributed by atoms with Crippen molar-refractivity contribution >= 4 is 11.9 Å². The lowest BCUT2D eigenvalue weighted by Gasteiger charge is -2.32. The fraction of sp³-hybridized carbons (Fsp3) is 0.500. The molecule has 0 atom stereocenters. The van der Waals surface area contributed by atoms with Crippen LogP contribution in [-0.4, -0.2) is 11.9 Å². The summed E-state index contributed by atoms with van der Waals surface area (Å²) in [6.45, 7) is 12.6. The summed E-state index contributed by atoms with van der Waals surface area (Å²) in [7, 11) is 0. The number of hydrogen-bond acceptors (Lipinski definition) is 3. The highest BCUT2D eigenvalue weighted by molar-refractivity contribution is 5.92. The first kappa shape index (κ1) is 22.9. The van der Waals surface area contributed by atoms with E-state index >= 15 is 0 Å². The van der Waals surface area contributed by atoms with Crippen LogP contribution in [0.5, 0.6) is 0 Å². The molecule has 0 aromatic carbocycles. The number of carbonyl (C=O) groups excluding carboxylic acids is 2. The Morgan fingerprint density at radius 3 is 2.48 bits per heavy atom. The highest BCUT2D eigenvalue weighted by Crippen LogP contribution is 2.40. The van der Waals surface area contributed by atoms with Crippen LogP contribution in [0.15, 0.2) is 58.7 Å². The summed E-state index contributed by atoms with van der Waals surface area (Å²) in [6.07, 6.45) is 16.1. The van der Waals surface area contributed by atoms with Crippen LogP contribution in [0, 0.1) is 5.41 Å². The van der Waals surface area contributed by atoms with Gasteiger partial charge < -0.3 is 4.74 Å². The van der Waals surface area contributed by atoms with Crippen molar-refractivity contribution in [1.29, 1.82) is 0 Å². The predicted molar refractivity (Wildman–Crippen MR) is 112 cm³/mol. The van der Waals surface area contributed by atoms with Gasteiger partial charge in [-0.05, 0) is 63.0 Å². The maximum absolute atomic E-state index is 11.6. The molecule has 0 aromatic rings. The minimum Gasteiger partial charge on any atom is -0.390 e. The molecule has 0 unspecified atom stereocenters. The van der Waals surface area contributed by atoms with Crippen LogP contribution in [0.1, 0.15) is 73.6 Å². The second-order valence-corrected chi connectivity index (χ2v) is 7.97. The van der Waals surface area contributed by atoms with Crippen LogP contribution < -0.4 is 0 Å². The van der Waals surface area contributed by atoms with Gasteiger partial charge in [-0.3, -0.25) is 4.79 Å². The molecule has 0 aromatic heterocycles. The lowest BCUT2D eigenvalue weighted by Crippen LogP contribution is -2.19. The van der Waals surface area contributed by atoms with E-state index in [2.05, 4.69) is 39.8 Å². The summed E-state index contributed by atoms with van der Waals surface area (Å²) in [5.41, 5.74) is 5.05. The van der Waals surface area contributed by atoms with E-state index < -0.39 is 11.9 Å². The Morgan fingerprint density at radius 2 is 1.85 bits per heavy atom. The van der Waals surface area contributed by atoms with Crippen molar-refractivity contribution in [1.82, 2.24) is 0 Å².